The Kier molecular flexibility index (Phi) is 6.08. The number of nitrogens with two attached hydrogens (primary N) is 1. The Balaban J connectivity index is 1.65. The number of aromatic amines is 1. The molecule has 4 rings (SSSR count). The normalized spacial score (nSPS) is 14.2. The first-order chi connectivity index (χ1) is 15.8. The van der Waals surface area contributed by atoms with E-state index in [0.29, 0.717) is 11.3 Å². The largest absolute Gasteiger partial charge is 0.369 e. The number of rotatable bonds is 8. The lowest BCUT2D eigenvalue weighted by Crippen LogP contribution is -2.38. The van der Waals surface area contributed by atoms with Crippen LogP contribution >= 0.6 is 0 Å². The summed E-state index contributed by atoms with van der Waals surface area (Å²) in [5.74, 6) is -2.13. The van der Waals surface area contributed by atoms with Gasteiger partial charge < -0.3 is 11.1 Å². The molecule has 2 aromatic heterocycles. The van der Waals surface area contributed by atoms with Gasteiger partial charge in [-0.2, -0.15) is 0 Å². The first kappa shape index (κ1) is 22.4. The summed E-state index contributed by atoms with van der Waals surface area (Å²) in [4.78, 5) is 56.7. The molecule has 0 aliphatic heterocycles. The van der Waals surface area contributed by atoms with Crippen molar-refractivity contribution in [2.45, 2.75) is 38.6 Å². The van der Waals surface area contributed by atoms with Gasteiger partial charge in [0.15, 0.2) is 5.65 Å². The summed E-state index contributed by atoms with van der Waals surface area (Å²) in [7, 11) is 0. The second-order valence-corrected chi connectivity index (χ2v) is 8.21. The summed E-state index contributed by atoms with van der Waals surface area (Å²) < 4.78 is 14.5. The molecular weight excluding hydrogens is 429 g/mol. The predicted molar refractivity (Wildman–Crippen MR) is 119 cm³/mol. The summed E-state index contributed by atoms with van der Waals surface area (Å²) >= 11 is 0. The monoisotopic (exact) mass is 453 g/mol. The number of carbonyl (C=O) groups excluding carboxylic acids is 2. The number of nitrogens with zero attached hydrogens (tertiary/aromatic N) is 2. The van der Waals surface area contributed by atoms with Crippen LogP contribution in [0.1, 0.15) is 47.3 Å². The van der Waals surface area contributed by atoms with Crippen LogP contribution in [0.3, 0.4) is 0 Å². The Bertz CT molecular complexity index is 1340. The molecule has 0 spiro atoms. The van der Waals surface area contributed by atoms with Crippen molar-refractivity contribution in [1.29, 1.82) is 0 Å². The lowest BCUT2D eigenvalue weighted by molar-refractivity contribution is -0.121. The molecule has 1 aliphatic carbocycles. The van der Waals surface area contributed by atoms with E-state index in [1.54, 1.807) is 25.1 Å². The van der Waals surface area contributed by atoms with E-state index in [1.807, 2.05) is 0 Å². The fourth-order valence-electron chi connectivity index (χ4n) is 3.84. The molecule has 1 atom stereocenters. The molecule has 172 valence electrons. The van der Waals surface area contributed by atoms with E-state index in [-0.39, 0.29) is 42.0 Å². The van der Waals surface area contributed by atoms with Crippen molar-refractivity contribution >= 4 is 22.8 Å². The molecule has 0 saturated heterocycles. The van der Waals surface area contributed by atoms with E-state index in [4.69, 9.17) is 5.73 Å². The van der Waals surface area contributed by atoms with Gasteiger partial charge in [0.25, 0.3) is 11.5 Å². The number of aromatic nitrogens is 3. The summed E-state index contributed by atoms with van der Waals surface area (Å²) in [6.07, 6.45) is 2.05. The first-order valence-electron chi connectivity index (χ1n) is 10.8. The van der Waals surface area contributed by atoms with Crippen molar-refractivity contribution < 1.29 is 14.0 Å². The van der Waals surface area contributed by atoms with Crippen LogP contribution in [0.4, 0.5) is 4.39 Å². The van der Waals surface area contributed by atoms with E-state index in [1.165, 1.54) is 16.7 Å². The Morgan fingerprint density at radius 3 is 2.58 bits per heavy atom. The van der Waals surface area contributed by atoms with Gasteiger partial charge in [0, 0.05) is 24.7 Å². The number of benzene rings is 1. The average Bonchev–Trinajstić information content (AvgIpc) is 3.62. The number of halogens is 1. The van der Waals surface area contributed by atoms with Crippen LogP contribution in [-0.4, -0.2) is 32.9 Å². The second-order valence-electron chi connectivity index (χ2n) is 8.21. The highest BCUT2D eigenvalue weighted by Gasteiger charge is 2.29. The maximum absolute atomic E-state index is 13.2. The van der Waals surface area contributed by atoms with Gasteiger partial charge in [0.1, 0.15) is 5.82 Å². The third-order valence-electron chi connectivity index (χ3n) is 5.83. The van der Waals surface area contributed by atoms with Gasteiger partial charge in [-0.15, -0.1) is 0 Å². The van der Waals surface area contributed by atoms with E-state index < -0.39 is 34.8 Å². The topological polar surface area (TPSA) is 140 Å². The zero-order valence-corrected chi connectivity index (χ0v) is 18.1. The SMILES string of the molecule is CCn1c(=O)[nH]c(=O)c2c(C(=O)NCC(Cc3ccc(F)cc3)C(N)=O)cc(C3CC3)nc21. The molecule has 1 fully saturated rings. The molecule has 2 amide bonds. The van der Waals surface area contributed by atoms with Gasteiger partial charge >= 0.3 is 5.69 Å². The highest BCUT2D eigenvalue weighted by atomic mass is 19.1. The van der Waals surface area contributed by atoms with Crippen LogP contribution in [-0.2, 0) is 17.8 Å². The van der Waals surface area contributed by atoms with Gasteiger partial charge in [-0.25, -0.2) is 14.2 Å². The van der Waals surface area contributed by atoms with Crippen LogP contribution in [0.25, 0.3) is 11.0 Å². The van der Waals surface area contributed by atoms with Crippen LogP contribution < -0.4 is 22.3 Å². The molecule has 10 heteroatoms. The number of carbonyl (C=O) groups is 2. The number of amides is 2. The molecule has 1 aromatic carbocycles. The van der Waals surface area contributed by atoms with E-state index in [0.717, 1.165) is 12.8 Å². The number of hydrogen-bond acceptors (Lipinski definition) is 5. The number of hydrogen-bond donors (Lipinski definition) is 3. The minimum atomic E-state index is -0.734. The average molecular weight is 453 g/mol. The summed E-state index contributed by atoms with van der Waals surface area (Å²) in [6.45, 7) is 1.95. The van der Waals surface area contributed by atoms with Gasteiger partial charge in [-0.1, -0.05) is 12.1 Å². The van der Waals surface area contributed by atoms with Gasteiger partial charge in [-0.3, -0.25) is 23.9 Å². The smallest absolute Gasteiger partial charge is 0.329 e. The highest BCUT2D eigenvalue weighted by molar-refractivity contribution is 6.05. The fraction of sp³-hybridized carbons (Fsp3) is 0.348. The number of aryl methyl sites for hydroxylation is 1. The zero-order chi connectivity index (χ0) is 23.7. The van der Waals surface area contributed by atoms with Crippen molar-refractivity contribution in [3.05, 3.63) is 73.8 Å². The highest BCUT2D eigenvalue weighted by Crippen LogP contribution is 2.39. The minimum Gasteiger partial charge on any atom is -0.369 e. The first-order valence-corrected chi connectivity index (χ1v) is 10.8. The molecule has 3 aromatic rings. The van der Waals surface area contributed by atoms with Crippen molar-refractivity contribution in [3.63, 3.8) is 0 Å². The number of fused-ring (bicyclic) bond motifs is 1. The summed E-state index contributed by atoms with van der Waals surface area (Å²) in [5.41, 5.74) is 5.83. The molecule has 1 saturated carbocycles. The predicted octanol–water partition coefficient (Wildman–Crippen LogP) is 1.20. The van der Waals surface area contributed by atoms with Crippen molar-refractivity contribution in [2.24, 2.45) is 11.7 Å². The second kappa shape index (κ2) is 8.97. The van der Waals surface area contributed by atoms with Gasteiger partial charge in [0.05, 0.1) is 16.9 Å². The van der Waals surface area contributed by atoms with E-state index in [2.05, 4.69) is 15.3 Å². The van der Waals surface area contributed by atoms with Crippen molar-refractivity contribution in [2.75, 3.05) is 6.54 Å². The third kappa shape index (κ3) is 4.69. The van der Waals surface area contributed by atoms with Crippen LogP contribution in [0.5, 0.6) is 0 Å². The Morgan fingerprint density at radius 2 is 1.97 bits per heavy atom. The Morgan fingerprint density at radius 1 is 1.27 bits per heavy atom. The van der Waals surface area contributed by atoms with Crippen molar-refractivity contribution in [1.82, 2.24) is 19.9 Å². The fourth-order valence-corrected chi connectivity index (χ4v) is 3.84. The quantitative estimate of drug-likeness (QED) is 0.470. The molecular formula is C23H24FN5O4. The standard InChI is InChI=1S/C23H24FN5O4/c1-2-29-20-18(22(32)28-23(29)33)16(10-17(27-20)13-5-6-13)21(31)26-11-14(19(25)30)9-12-3-7-15(24)8-4-12/h3-4,7-8,10,13-14H,2,5-6,9,11H2,1H3,(H2,25,30)(H,26,31)(H,28,32,33). The Hall–Kier alpha value is -3.82. The number of nitrogens with one attached hydrogen (secondary N) is 2. The van der Waals surface area contributed by atoms with Crippen molar-refractivity contribution in [3.8, 4) is 0 Å². The van der Waals surface area contributed by atoms with Crippen LogP contribution in [0.2, 0.25) is 0 Å². The lowest BCUT2D eigenvalue weighted by Gasteiger charge is -2.16. The van der Waals surface area contributed by atoms with Gasteiger partial charge in [0.2, 0.25) is 5.91 Å². The van der Waals surface area contributed by atoms with Crippen LogP contribution in [0, 0.1) is 11.7 Å². The van der Waals surface area contributed by atoms with Crippen LogP contribution in [0.15, 0.2) is 39.9 Å². The van der Waals surface area contributed by atoms with E-state index >= 15 is 0 Å². The zero-order valence-electron chi connectivity index (χ0n) is 18.1. The molecule has 0 radical (unpaired) electrons. The molecule has 1 aliphatic rings. The molecule has 2 heterocycles. The third-order valence-corrected chi connectivity index (χ3v) is 5.83. The summed E-state index contributed by atoms with van der Waals surface area (Å²) in [6, 6.07) is 7.25. The summed E-state index contributed by atoms with van der Waals surface area (Å²) in [5, 5.41) is 2.71. The molecule has 9 nitrogen and oxygen atoms in total. The number of H-pyrrole nitrogens is 1. The van der Waals surface area contributed by atoms with Gasteiger partial charge in [-0.05, 0) is 49.9 Å². The number of primary amides is 1. The minimum absolute atomic E-state index is 0.0208. The maximum Gasteiger partial charge on any atom is 0.329 e. The maximum atomic E-state index is 13.2. The molecule has 1 unspecified atom stereocenters. The molecule has 33 heavy (non-hydrogen) atoms. The Labute approximate surface area is 187 Å². The lowest BCUT2D eigenvalue weighted by atomic mass is 9.98. The molecule has 4 N–H and O–H groups in total. The molecule has 0 bridgehead atoms. The number of pyridine rings is 1. The van der Waals surface area contributed by atoms with E-state index in [9.17, 15) is 23.6 Å².